The zero-order chi connectivity index (χ0) is 26.9. The molecule has 0 unspecified atom stereocenters. The van der Waals surface area contributed by atoms with Gasteiger partial charge >= 0.3 is 0 Å². The van der Waals surface area contributed by atoms with E-state index >= 15 is 0 Å². The predicted molar refractivity (Wildman–Crippen MR) is 142 cm³/mol. The van der Waals surface area contributed by atoms with Crippen LogP contribution in [0.25, 0.3) is 10.8 Å². The molecule has 0 heterocycles. The molecule has 4 aromatic carbocycles. The van der Waals surface area contributed by atoms with Gasteiger partial charge in [-0.05, 0) is 42.1 Å². The molecule has 0 aliphatic heterocycles. The van der Waals surface area contributed by atoms with Crippen LogP contribution in [0.1, 0.15) is 15.9 Å². The topological polar surface area (TPSA) is 138 Å². The number of fused-ring (bicyclic) bond motifs is 1. The first-order chi connectivity index (χ1) is 17.5. The number of hydrogen-bond donors (Lipinski definition) is 3. The number of ether oxygens (including phenoxy) is 1. The van der Waals surface area contributed by atoms with Crippen molar-refractivity contribution in [2.45, 2.75) is 11.8 Å². The van der Waals surface area contributed by atoms with Crippen molar-refractivity contribution in [3.63, 3.8) is 0 Å². The van der Waals surface area contributed by atoms with Crippen molar-refractivity contribution in [1.29, 1.82) is 0 Å². The van der Waals surface area contributed by atoms with Crippen molar-refractivity contribution < 1.29 is 27.6 Å². The fourth-order valence-electron chi connectivity index (χ4n) is 3.61. The summed E-state index contributed by atoms with van der Waals surface area (Å²) in [5.74, 6) is -0.785. The molecule has 0 aromatic heterocycles. The van der Waals surface area contributed by atoms with E-state index in [1.807, 2.05) is 0 Å². The van der Waals surface area contributed by atoms with Gasteiger partial charge in [0.25, 0.3) is 16.0 Å². The normalized spacial score (nSPS) is 11.7. The van der Waals surface area contributed by atoms with Gasteiger partial charge in [0.05, 0.1) is 23.4 Å². The van der Waals surface area contributed by atoms with E-state index in [1.165, 1.54) is 19.2 Å². The number of aryl methyl sites for hydroxylation is 1. The van der Waals surface area contributed by atoms with Crippen molar-refractivity contribution in [3.05, 3.63) is 81.8 Å². The average Bonchev–Trinajstić information content (AvgIpc) is 2.85. The van der Waals surface area contributed by atoms with Gasteiger partial charge in [-0.25, -0.2) is 0 Å². The third kappa shape index (κ3) is 5.23. The van der Waals surface area contributed by atoms with Crippen LogP contribution in [0.15, 0.2) is 75.8 Å². The molecule has 0 aliphatic rings. The molecule has 4 aromatic rings. The lowest BCUT2D eigenvalue weighted by molar-refractivity contribution is 0.102. The van der Waals surface area contributed by atoms with Crippen LogP contribution in [0.2, 0.25) is 10.0 Å². The molecular weight excluding hydrogens is 541 g/mol. The highest BCUT2D eigenvalue weighted by Crippen LogP contribution is 2.42. The Morgan fingerprint density at radius 1 is 0.973 bits per heavy atom. The highest BCUT2D eigenvalue weighted by atomic mass is 35.5. The van der Waals surface area contributed by atoms with Crippen LogP contribution in [-0.2, 0) is 10.1 Å². The number of benzene rings is 4. The number of aromatic hydroxyl groups is 1. The molecule has 190 valence electrons. The van der Waals surface area contributed by atoms with E-state index in [9.17, 15) is 22.9 Å². The number of methoxy groups -OCH3 is 1. The maximum atomic E-state index is 13.2. The minimum absolute atomic E-state index is 0.0294. The van der Waals surface area contributed by atoms with E-state index < -0.39 is 26.7 Å². The highest BCUT2D eigenvalue weighted by Gasteiger charge is 2.22. The van der Waals surface area contributed by atoms with Crippen LogP contribution in [-0.4, -0.2) is 31.1 Å². The summed E-state index contributed by atoms with van der Waals surface area (Å²) in [4.78, 5) is 12.6. The van der Waals surface area contributed by atoms with Gasteiger partial charge in [0, 0.05) is 5.39 Å². The van der Waals surface area contributed by atoms with Crippen molar-refractivity contribution in [3.8, 4) is 11.5 Å². The van der Waals surface area contributed by atoms with E-state index in [-0.39, 0.29) is 32.7 Å². The van der Waals surface area contributed by atoms with Crippen molar-refractivity contribution in [1.82, 2.24) is 0 Å². The number of azo groups is 1. The number of nitrogens with one attached hydrogen (secondary N) is 1. The second-order valence-corrected chi connectivity index (χ2v) is 9.98. The molecule has 0 radical (unpaired) electrons. The molecule has 0 saturated heterocycles. The lowest BCUT2D eigenvalue weighted by atomic mass is 10.0. The van der Waals surface area contributed by atoms with Crippen LogP contribution in [0, 0.1) is 6.92 Å². The van der Waals surface area contributed by atoms with Gasteiger partial charge in [-0.2, -0.15) is 8.42 Å². The number of anilines is 1. The Kier molecular flexibility index (Phi) is 7.37. The van der Waals surface area contributed by atoms with Gasteiger partial charge in [0.2, 0.25) is 0 Å². The zero-order valence-corrected chi connectivity index (χ0v) is 21.7. The fourth-order valence-corrected chi connectivity index (χ4v) is 4.97. The number of amides is 1. The van der Waals surface area contributed by atoms with Crippen molar-refractivity contribution >= 4 is 67.1 Å². The number of phenols is 1. The molecule has 37 heavy (non-hydrogen) atoms. The van der Waals surface area contributed by atoms with E-state index in [4.69, 9.17) is 27.9 Å². The molecule has 3 N–H and O–H groups in total. The molecule has 0 spiro atoms. The Hall–Kier alpha value is -3.70. The molecule has 0 saturated carbocycles. The van der Waals surface area contributed by atoms with Crippen LogP contribution in [0.4, 0.5) is 17.1 Å². The molecule has 0 atom stereocenters. The third-order valence-electron chi connectivity index (χ3n) is 5.48. The highest BCUT2D eigenvalue weighted by molar-refractivity contribution is 7.86. The first-order valence-electron chi connectivity index (χ1n) is 10.6. The summed E-state index contributed by atoms with van der Waals surface area (Å²) >= 11 is 12.5. The fraction of sp³-hybridized carbons (Fsp3) is 0.0800. The molecule has 4 rings (SSSR count). The second-order valence-electron chi connectivity index (χ2n) is 7.84. The maximum Gasteiger partial charge on any atom is 0.296 e. The minimum atomic E-state index is -4.61. The Bertz CT molecular complexity index is 1690. The lowest BCUT2D eigenvalue weighted by Crippen LogP contribution is -2.12. The molecule has 0 bridgehead atoms. The van der Waals surface area contributed by atoms with E-state index in [0.717, 1.165) is 6.07 Å². The quantitative estimate of drug-likeness (QED) is 0.170. The minimum Gasteiger partial charge on any atom is -0.505 e. The number of carbonyl (C=O) groups is 1. The van der Waals surface area contributed by atoms with Gasteiger partial charge in [-0.1, -0.05) is 59.6 Å². The maximum absolute atomic E-state index is 13.2. The van der Waals surface area contributed by atoms with Crippen LogP contribution < -0.4 is 10.1 Å². The molecular formula is C25H19Cl2N3O6S. The first-order valence-corrected chi connectivity index (χ1v) is 12.8. The Morgan fingerprint density at radius 3 is 2.38 bits per heavy atom. The number of halogens is 2. The molecule has 9 nitrogen and oxygen atoms in total. The van der Waals surface area contributed by atoms with E-state index in [2.05, 4.69) is 15.5 Å². The van der Waals surface area contributed by atoms with Crippen LogP contribution >= 0.6 is 23.2 Å². The van der Waals surface area contributed by atoms with Gasteiger partial charge in [-0.3, -0.25) is 9.35 Å². The van der Waals surface area contributed by atoms with Crippen molar-refractivity contribution in [2.75, 3.05) is 12.4 Å². The number of hydrogen-bond acceptors (Lipinski definition) is 7. The summed E-state index contributed by atoms with van der Waals surface area (Å²) in [5, 5.41) is 22.8. The Balaban J connectivity index is 1.83. The summed E-state index contributed by atoms with van der Waals surface area (Å²) in [6, 6.07) is 15.8. The standard InChI is InChI=1S/C25H19Cl2N3O6S/c1-13-10-11-19(37(33,34)35)21(27)22(13)29-30-23-15-7-4-3-6-14(15)12-16(24(23)31)25(32)28-17-8-5-9-18(36-2)20(17)26/h3-12,31H,1-2H3,(H,28,32)(H,33,34,35). The molecule has 0 fully saturated rings. The zero-order valence-electron chi connectivity index (χ0n) is 19.4. The number of nitrogens with zero attached hydrogens (tertiary/aromatic N) is 2. The van der Waals surface area contributed by atoms with E-state index in [1.54, 1.807) is 49.4 Å². The van der Waals surface area contributed by atoms with E-state index in [0.29, 0.717) is 22.1 Å². The molecule has 1 amide bonds. The third-order valence-corrected chi connectivity index (χ3v) is 7.26. The Morgan fingerprint density at radius 2 is 1.68 bits per heavy atom. The largest absolute Gasteiger partial charge is 0.505 e. The SMILES string of the molecule is COc1cccc(NC(=O)c2cc3ccccc3c(N=Nc3c(C)ccc(S(=O)(=O)O)c3Cl)c2O)c1Cl. The monoisotopic (exact) mass is 559 g/mol. The van der Waals surface area contributed by atoms with Gasteiger partial charge in [0.15, 0.2) is 5.75 Å². The average molecular weight is 560 g/mol. The molecule has 0 aliphatic carbocycles. The summed E-state index contributed by atoms with van der Waals surface area (Å²) < 4.78 is 37.9. The second kappa shape index (κ2) is 10.3. The molecule has 12 heteroatoms. The van der Waals surface area contributed by atoms with Gasteiger partial charge in [0.1, 0.15) is 27.0 Å². The summed E-state index contributed by atoms with van der Waals surface area (Å²) in [7, 11) is -3.17. The lowest BCUT2D eigenvalue weighted by Gasteiger charge is -2.13. The van der Waals surface area contributed by atoms with Crippen LogP contribution in [0.3, 0.4) is 0 Å². The van der Waals surface area contributed by atoms with Crippen molar-refractivity contribution in [2.24, 2.45) is 10.2 Å². The van der Waals surface area contributed by atoms with Gasteiger partial charge in [-0.15, -0.1) is 10.2 Å². The summed E-state index contributed by atoms with van der Waals surface area (Å²) in [5.41, 5.74) is 0.546. The first kappa shape index (κ1) is 26.4. The number of carbonyl (C=O) groups excluding carboxylic acids is 1. The summed E-state index contributed by atoms with van der Waals surface area (Å²) in [6.45, 7) is 1.62. The summed E-state index contributed by atoms with van der Waals surface area (Å²) in [6.07, 6.45) is 0. The predicted octanol–water partition coefficient (Wildman–Crippen LogP) is 7.08. The Labute approximate surface area is 222 Å². The number of rotatable bonds is 6. The smallest absolute Gasteiger partial charge is 0.296 e. The van der Waals surface area contributed by atoms with Gasteiger partial charge < -0.3 is 15.2 Å². The number of phenolic OH excluding ortho intramolecular Hbond substituents is 1. The van der Waals surface area contributed by atoms with Crippen LogP contribution in [0.5, 0.6) is 11.5 Å².